The van der Waals surface area contributed by atoms with Crippen molar-refractivity contribution >= 4 is 40.6 Å². The summed E-state index contributed by atoms with van der Waals surface area (Å²) in [6.45, 7) is 8.75. The molecule has 0 aliphatic heterocycles. The largest absolute Gasteiger partial charge is 0.468 e. The highest BCUT2D eigenvalue weighted by Gasteiger charge is 2.25. The first-order valence-corrected chi connectivity index (χ1v) is 10.4. The molecule has 0 heterocycles. The van der Waals surface area contributed by atoms with E-state index in [0.717, 1.165) is 22.4 Å². The zero-order chi connectivity index (χ0) is 24.7. The van der Waals surface area contributed by atoms with E-state index in [0.29, 0.717) is 17.1 Å². The van der Waals surface area contributed by atoms with Crippen LogP contribution in [0.15, 0.2) is 40.6 Å². The van der Waals surface area contributed by atoms with Crippen molar-refractivity contribution in [2.24, 2.45) is 10.2 Å². The third kappa shape index (κ3) is 6.61. The Balaban J connectivity index is 2.52. The van der Waals surface area contributed by atoms with Crippen LogP contribution >= 0.6 is 0 Å². The van der Waals surface area contributed by atoms with Crippen LogP contribution in [0.1, 0.15) is 30.5 Å². The van der Waals surface area contributed by atoms with Crippen molar-refractivity contribution in [3.05, 3.63) is 47.0 Å². The Morgan fingerprint density at radius 2 is 1.64 bits per heavy atom. The molecule has 2 aromatic carbocycles. The van der Waals surface area contributed by atoms with E-state index in [4.69, 9.17) is 9.47 Å². The molecule has 0 saturated carbocycles. The number of carbonyl (C=O) groups is 3. The standard InChI is InChI=1S/C24H30N4O5/c1-14-10-15(2)23(16(3)11-14)27-26-20-9-8-19(12-21(20)25-18(5)29)28(13-22(30)32-6)17(4)24(31)33-7/h8-12,17H,13H2,1-7H3,(H,25,29). The van der Waals surface area contributed by atoms with Crippen molar-refractivity contribution in [1.82, 2.24) is 0 Å². The molecule has 1 unspecified atom stereocenters. The lowest BCUT2D eigenvalue weighted by atomic mass is 10.1. The van der Waals surface area contributed by atoms with E-state index >= 15 is 0 Å². The summed E-state index contributed by atoms with van der Waals surface area (Å²) in [5, 5.41) is 11.5. The van der Waals surface area contributed by atoms with Crippen LogP contribution in [0.5, 0.6) is 0 Å². The molecule has 2 rings (SSSR count). The van der Waals surface area contributed by atoms with Gasteiger partial charge in [-0.15, -0.1) is 10.2 Å². The number of carbonyl (C=O) groups excluding carboxylic acids is 3. The first kappa shape index (κ1) is 25.5. The molecule has 1 atom stereocenters. The zero-order valence-electron chi connectivity index (χ0n) is 20.1. The minimum absolute atomic E-state index is 0.186. The number of aryl methyl sites for hydroxylation is 3. The van der Waals surface area contributed by atoms with Crippen LogP contribution in [0.3, 0.4) is 0 Å². The Morgan fingerprint density at radius 1 is 1.00 bits per heavy atom. The summed E-state index contributed by atoms with van der Waals surface area (Å²) < 4.78 is 9.60. The van der Waals surface area contributed by atoms with Gasteiger partial charge in [-0.25, -0.2) is 4.79 Å². The summed E-state index contributed by atoms with van der Waals surface area (Å²) >= 11 is 0. The molecule has 0 aliphatic rings. The van der Waals surface area contributed by atoms with E-state index in [1.54, 1.807) is 25.1 Å². The molecule has 0 aromatic heterocycles. The highest BCUT2D eigenvalue weighted by atomic mass is 16.5. The van der Waals surface area contributed by atoms with Gasteiger partial charge in [0.25, 0.3) is 0 Å². The van der Waals surface area contributed by atoms with Crippen LogP contribution in [0.2, 0.25) is 0 Å². The normalized spacial score (nSPS) is 11.7. The number of methoxy groups -OCH3 is 2. The highest BCUT2D eigenvalue weighted by Crippen LogP contribution is 2.34. The van der Waals surface area contributed by atoms with Crippen LogP contribution in [0.4, 0.5) is 22.7 Å². The minimum atomic E-state index is -0.774. The van der Waals surface area contributed by atoms with Crippen molar-refractivity contribution in [3.63, 3.8) is 0 Å². The molecule has 33 heavy (non-hydrogen) atoms. The molecule has 1 N–H and O–H groups in total. The number of nitrogens with zero attached hydrogens (tertiary/aromatic N) is 3. The average Bonchev–Trinajstić information content (AvgIpc) is 2.75. The van der Waals surface area contributed by atoms with Crippen LogP contribution < -0.4 is 10.2 Å². The number of ether oxygens (including phenoxy) is 2. The fourth-order valence-corrected chi connectivity index (χ4v) is 3.47. The second-order valence-electron chi connectivity index (χ2n) is 7.73. The van der Waals surface area contributed by atoms with Gasteiger partial charge >= 0.3 is 11.9 Å². The number of azo groups is 1. The first-order chi connectivity index (χ1) is 15.6. The van der Waals surface area contributed by atoms with Gasteiger partial charge in [0.2, 0.25) is 5.91 Å². The second-order valence-corrected chi connectivity index (χ2v) is 7.73. The van der Waals surface area contributed by atoms with Gasteiger partial charge in [0.15, 0.2) is 0 Å². The number of hydrogen-bond acceptors (Lipinski definition) is 8. The van der Waals surface area contributed by atoms with Gasteiger partial charge in [-0.05, 0) is 57.0 Å². The van der Waals surface area contributed by atoms with Crippen molar-refractivity contribution < 1.29 is 23.9 Å². The Hall–Kier alpha value is -3.75. The Labute approximate surface area is 193 Å². The predicted molar refractivity (Wildman–Crippen MR) is 126 cm³/mol. The fourth-order valence-electron chi connectivity index (χ4n) is 3.47. The first-order valence-electron chi connectivity index (χ1n) is 10.4. The molecule has 0 radical (unpaired) electrons. The third-order valence-corrected chi connectivity index (χ3v) is 5.05. The van der Waals surface area contributed by atoms with E-state index in [-0.39, 0.29) is 12.5 Å². The topological polar surface area (TPSA) is 110 Å². The second kappa shape index (κ2) is 11.2. The van der Waals surface area contributed by atoms with Crippen molar-refractivity contribution in [3.8, 4) is 0 Å². The number of esters is 2. The predicted octanol–water partition coefficient (Wildman–Crippen LogP) is 4.53. The molecule has 1 amide bonds. The summed E-state index contributed by atoms with van der Waals surface area (Å²) in [5.41, 5.74) is 5.19. The Morgan fingerprint density at radius 3 is 2.18 bits per heavy atom. The molecule has 0 spiro atoms. The van der Waals surface area contributed by atoms with Gasteiger partial charge in [-0.1, -0.05) is 17.7 Å². The number of hydrogen-bond donors (Lipinski definition) is 1. The molecule has 9 heteroatoms. The van der Waals surface area contributed by atoms with E-state index in [9.17, 15) is 14.4 Å². The third-order valence-electron chi connectivity index (χ3n) is 5.05. The van der Waals surface area contributed by atoms with Crippen LogP contribution in [-0.2, 0) is 23.9 Å². The van der Waals surface area contributed by atoms with E-state index in [2.05, 4.69) is 15.5 Å². The number of rotatable bonds is 8. The lowest BCUT2D eigenvalue weighted by molar-refractivity contribution is -0.142. The van der Waals surface area contributed by atoms with E-state index in [1.807, 2.05) is 32.9 Å². The maximum atomic E-state index is 12.2. The van der Waals surface area contributed by atoms with Gasteiger partial charge < -0.3 is 19.7 Å². The SMILES string of the molecule is COC(=O)CN(c1ccc(N=Nc2c(C)cc(C)cc2C)c(NC(C)=O)c1)C(C)C(=O)OC. The summed E-state index contributed by atoms with van der Waals surface area (Å²) in [6.07, 6.45) is 0. The molecule has 9 nitrogen and oxygen atoms in total. The van der Waals surface area contributed by atoms with Crippen LogP contribution in [0, 0.1) is 20.8 Å². The number of benzene rings is 2. The monoisotopic (exact) mass is 454 g/mol. The average molecular weight is 455 g/mol. The van der Waals surface area contributed by atoms with Gasteiger partial charge in [0.1, 0.15) is 18.3 Å². The highest BCUT2D eigenvalue weighted by molar-refractivity contribution is 5.93. The van der Waals surface area contributed by atoms with Gasteiger partial charge in [-0.3, -0.25) is 9.59 Å². The number of anilines is 2. The molecule has 0 aliphatic carbocycles. The van der Waals surface area contributed by atoms with Crippen molar-refractivity contribution in [2.45, 2.75) is 40.7 Å². The fraction of sp³-hybridized carbons (Fsp3) is 0.375. The van der Waals surface area contributed by atoms with Crippen molar-refractivity contribution in [2.75, 3.05) is 31.0 Å². The maximum Gasteiger partial charge on any atom is 0.328 e. The van der Waals surface area contributed by atoms with E-state index < -0.39 is 18.0 Å². The van der Waals surface area contributed by atoms with Crippen LogP contribution in [0.25, 0.3) is 0 Å². The summed E-state index contributed by atoms with van der Waals surface area (Å²) in [4.78, 5) is 37.5. The summed E-state index contributed by atoms with van der Waals surface area (Å²) in [7, 11) is 2.54. The molecule has 0 fully saturated rings. The number of amides is 1. The summed E-state index contributed by atoms with van der Waals surface area (Å²) in [6, 6.07) is 8.27. The number of nitrogens with one attached hydrogen (secondary N) is 1. The maximum absolute atomic E-state index is 12.2. The van der Waals surface area contributed by atoms with E-state index in [1.165, 1.54) is 26.0 Å². The van der Waals surface area contributed by atoms with Gasteiger partial charge in [0, 0.05) is 12.6 Å². The van der Waals surface area contributed by atoms with Crippen molar-refractivity contribution in [1.29, 1.82) is 0 Å². The minimum Gasteiger partial charge on any atom is -0.468 e. The van der Waals surface area contributed by atoms with Crippen LogP contribution in [-0.4, -0.2) is 44.7 Å². The molecule has 2 aromatic rings. The Kier molecular flexibility index (Phi) is 8.67. The molecular formula is C24H30N4O5. The van der Waals surface area contributed by atoms with Gasteiger partial charge in [0.05, 0.1) is 25.6 Å². The van der Waals surface area contributed by atoms with Gasteiger partial charge in [-0.2, -0.15) is 0 Å². The smallest absolute Gasteiger partial charge is 0.328 e. The zero-order valence-corrected chi connectivity index (χ0v) is 20.1. The molecule has 176 valence electrons. The molecular weight excluding hydrogens is 424 g/mol. The quantitative estimate of drug-likeness (QED) is 0.464. The lowest BCUT2D eigenvalue weighted by Gasteiger charge is -2.29. The summed E-state index contributed by atoms with van der Waals surface area (Å²) in [5.74, 6) is -1.35. The Bertz CT molecular complexity index is 1060. The lowest BCUT2D eigenvalue weighted by Crippen LogP contribution is -2.43. The molecule has 0 saturated heterocycles. The molecule has 0 bridgehead atoms.